The molecule has 0 radical (unpaired) electrons. The molecular formula is C21H24N2O6. The van der Waals surface area contributed by atoms with Crippen molar-refractivity contribution in [1.82, 2.24) is 10.6 Å². The molecule has 2 N–H and O–H groups in total. The number of alkyl carbamates (subject to hydrolysis) is 1. The van der Waals surface area contributed by atoms with E-state index in [0.717, 1.165) is 11.1 Å². The standard InChI is InChI=1S/C21H24N2O6/c1-27-20(25)18(23-21(26)29-15-17-10-6-3-7-11-17)12-22-13-19(24)28-14-16-8-4-2-5-9-16/h2-11,18,22H,12-15H2,1H3,(H,23,26)/t18-/m0/s1. The van der Waals surface area contributed by atoms with Gasteiger partial charge in [-0.15, -0.1) is 0 Å². The van der Waals surface area contributed by atoms with Crippen molar-refractivity contribution in [2.75, 3.05) is 20.2 Å². The minimum Gasteiger partial charge on any atom is -0.467 e. The Morgan fingerprint density at radius 1 is 0.862 bits per heavy atom. The zero-order chi connectivity index (χ0) is 20.9. The lowest BCUT2D eigenvalue weighted by Gasteiger charge is -2.17. The minimum absolute atomic E-state index is 0.0203. The van der Waals surface area contributed by atoms with Crippen LogP contribution in [-0.2, 0) is 37.0 Å². The van der Waals surface area contributed by atoms with Crippen LogP contribution in [0.3, 0.4) is 0 Å². The highest BCUT2D eigenvalue weighted by Crippen LogP contribution is 2.02. The normalized spacial score (nSPS) is 11.2. The average molecular weight is 400 g/mol. The molecule has 2 aromatic rings. The van der Waals surface area contributed by atoms with E-state index < -0.39 is 24.1 Å². The number of hydrogen-bond acceptors (Lipinski definition) is 7. The number of carbonyl (C=O) groups is 3. The second-order valence-corrected chi connectivity index (χ2v) is 6.06. The van der Waals surface area contributed by atoms with Gasteiger partial charge in [0.2, 0.25) is 0 Å². The Labute approximate surface area is 169 Å². The molecule has 29 heavy (non-hydrogen) atoms. The summed E-state index contributed by atoms with van der Waals surface area (Å²) in [5.74, 6) is -1.14. The maximum atomic E-state index is 11.9. The van der Waals surface area contributed by atoms with Gasteiger partial charge in [0, 0.05) is 6.54 Å². The largest absolute Gasteiger partial charge is 0.467 e. The summed E-state index contributed by atoms with van der Waals surface area (Å²) in [4.78, 5) is 35.6. The van der Waals surface area contributed by atoms with Gasteiger partial charge in [0.25, 0.3) is 0 Å². The summed E-state index contributed by atoms with van der Waals surface area (Å²) >= 11 is 0. The Kier molecular flexibility index (Phi) is 9.17. The number of nitrogens with one attached hydrogen (secondary N) is 2. The number of esters is 2. The van der Waals surface area contributed by atoms with Gasteiger partial charge in [0.15, 0.2) is 0 Å². The molecule has 154 valence electrons. The molecule has 0 saturated heterocycles. The van der Waals surface area contributed by atoms with Crippen molar-refractivity contribution in [2.45, 2.75) is 19.3 Å². The Balaban J connectivity index is 1.72. The lowest BCUT2D eigenvalue weighted by Crippen LogP contribution is -2.48. The molecule has 0 bridgehead atoms. The molecule has 1 atom stereocenters. The van der Waals surface area contributed by atoms with Crippen LogP contribution in [0.1, 0.15) is 11.1 Å². The maximum Gasteiger partial charge on any atom is 0.408 e. The molecule has 0 aromatic heterocycles. The molecule has 2 rings (SSSR count). The van der Waals surface area contributed by atoms with Crippen LogP contribution in [0.15, 0.2) is 60.7 Å². The SMILES string of the molecule is COC(=O)[C@H](CNCC(=O)OCc1ccccc1)NC(=O)OCc1ccccc1. The van der Waals surface area contributed by atoms with Crippen molar-refractivity contribution in [1.29, 1.82) is 0 Å². The third-order valence-corrected chi connectivity index (χ3v) is 3.85. The van der Waals surface area contributed by atoms with Crippen LogP contribution in [0.4, 0.5) is 4.79 Å². The molecule has 0 heterocycles. The summed E-state index contributed by atoms with van der Waals surface area (Å²) < 4.78 is 14.9. The fraction of sp³-hybridized carbons (Fsp3) is 0.286. The van der Waals surface area contributed by atoms with Crippen LogP contribution in [0.5, 0.6) is 0 Å². The summed E-state index contributed by atoms with van der Waals surface area (Å²) in [6.45, 7) is 0.0836. The molecule has 0 aliphatic heterocycles. The highest BCUT2D eigenvalue weighted by molar-refractivity contribution is 5.81. The Hall–Kier alpha value is -3.39. The van der Waals surface area contributed by atoms with Crippen LogP contribution in [0.2, 0.25) is 0 Å². The number of rotatable bonds is 10. The lowest BCUT2D eigenvalue weighted by atomic mass is 10.2. The molecule has 0 unspecified atom stereocenters. The Bertz CT molecular complexity index is 782. The van der Waals surface area contributed by atoms with Gasteiger partial charge >= 0.3 is 18.0 Å². The molecule has 8 heteroatoms. The lowest BCUT2D eigenvalue weighted by molar-refractivity contribution is -0.145. The molecule has 0 aliphatic rings. The predicted octanol–water partition coefficient (Wildman–Crippen LogP) is 1.79. The predicted molar refractivity (Wildman–Crippen MR) is 105 cm³/mol. The number of methoxy groups -OCH3 is 1. The summed E-state index contributed by atoms with van der Waals surface area (Å²) in [6, 6.07) is 17.4. The Morgan fingerprint density at radius 2 is 1.41 bits per heavy atom. The summed E-state index contributed by atoms with van der Waals surface area (Å²) in [6.07, 6.45) is -0.766. The highest BCUT2D eigenvalue weighted by Gasteiger charge is 2.22. The van der Waals surface area contributed by atoms with Crippen LogP contribution in [-0.4, -0.2) is 44.3 Å². The van der Waals surface area contributed by atoms with Gasteiger partial charge in [-0.1, -0.05) is 60.7 Å². The van der Waals surface area contributed by atoms with Gasteiger partial charge < -0.3 is 24.8 Å². The van der Waals surface area contributed by atoms with E-state index in [4.69, 9.17) is 9.47 Å². The molecule has 0 aliphatic carbocycles. The third kappa shape index (κ3) is 8.44. The molecule has 0 spiro atoms. The van der Waals surface area contributed by atoms with E-state index in [1.54, 1.807) is 0 Å². The van der Waals surface area contributed by atoms with Crippen LogP contribution >= 0.6 is 0 Å². The number of hydrogen-bond donors (Lipinski definition) is 2. The average Bonchev–Trinajstić information content (AvgIpc) is 2.76. The van der Waals surface area contributed by atoms with Crippen molar-refractivity contribution in [3.8, 4) is 0 Å². The van der Waals surface area contributed by atoms with E-state index in [2.05, 4.69) is 15.4 Å². The van der Waals surface area contributed by atoms with Crippen molar-refractivity contribution < 1.29 is 28.6 Å². The first-order valence-electron chi connectivity index (χ1n) is 9.04. The number of amides is 1. The van der Waals surface area contributed by atoms with E-state index in [9.17, 15) is 14.4 Å². The maximum absolute atomic E-state index is 11.9. The van der Waals surface area contributed by atoms with Gasteiger partial charge in [-0.05, 0) is 11.1 Å². The number of carbonyl (C=O) groups excluding carboxylic acids is 3. The van der Waals surface area contributed by atoms with E-state index >= 15 is 0 Å². The second kappa shape index (κ2) is 12.1. The molecule has 8 nitrogen and oxygen atoms in total. The van der Waals surface area contributed by atoms with Gasteiger partial charge in [-0.2, -0.15) is 0 Å². The first-order valence-corrected chi connectivity index (χ1v) is 9.04. The van der Waals surface area contributed by atoms with Crippen LogP contribution in [0.25, 0.3) is 0 Å². The summed E-state index contributed by atoms with van der Waals surface area (Å²) in [5, 5.41) is 5.19. The number of ether oxygens (including phenoxy) is 3. The van der Waals surface area contributed by atoms with Gasteiger partial charge in [-0.25, -0.2) is 9.59 Å². The summed E-state index contributed by atoms with van der Waals surface area (Å²) in [7, 11) is 1.21. The first-order chi connectivity index (χ1) is 14.1. The second-order valence-electron chi connectivity index (χ2n) is 6.06. The van der Waals surface area contributed by atoms with Gasteiger partial charge in [-0.3, -0.25) is 4.79 Å². The molecule has 1 amide bonds. The van der Waals surface area contributed by atoms with E-state index in [0.29, 0.717) is 0 Å². The van der Waals surface area contributed by atoms with Gasteiger partial charge in [0.1, 0.15) is 19.3 Å². The summed E-state index contributed by atoms with van der Waals surface area (Å²) in [5.41, 5.74) is 1.69. The van der Waals surface area contributed by atoms with E-state index in [1.165, 1.54) is 7.11 Å². The van der Waals surface area contributed by atoms with Crippen LogP contribution in [0, 0.1) is 0 Å². The van der Waals surface area contributed by atoms with Crippen molar-refractivity contribution >= 4 is 18.0 Å². The first kappa shape index (κ1) is 21.9. The zero-order valence-corrected chi connectivity index (χ0v) is 16.1. The van der Waals surface area contributed by atoms with Crippen molar-refractivity contribution in [2.24, 2.45) is 0 Å². The highest BCUT2D eigenvalue weighted by atomic mass is 16.6. The quantitative estimate of drug-likeness (QED) is 0.463. The monoisotopic (exact) mass is 400 g/mol. The molecule has 0 saturated carbocycles. The van der Waals surface area contributed by atoms with E-state index in [1.807, 2.05) is 60.7 Å². The van der Waals surface area contributed by atoms with Crippen LogP contribution < -0.4 is 10.6 Å². The molecule has 0 fully saturated rings. The Morgan fingerprint density at radius 3 is 1.97 bits per heavy atom. The molecular weight excluding hydrogens is 376 g/mol. The topological polar surface area (TPSA) is 103 Å². The van der Waals surface area contributed by atoms with Crippen molar-refractivity contribution in [3.05, 3.63) is 71.8 Å². The smallest absolute Gasteiger partial charge is 0.408 e. The van der Waals surface area contributed by atoms with E-state index in [-0.39, 0.29) is 26.3 Å². The third-order valence-electron chi connectivity index (χ3n) is 3.85. The zero-order valence-electron chi connectivity index (χ0n) is 16.1. The fourth-order valence-electron chi connectivity index (χ4n) is 2.35. The van der Waals surface area contributed by atoms with Crippen molar-refractivity contribution in [3.63, 3.8) is 0 Å². The fourth-order valence-corrected chi connectivity index (χ4v) is 2.35. The molecule has 2 aromatic carbocycles. The number of benzene rings is 2. The minimum atomic E-state index is -1.01. The van der Waals surface area contributed by atoms with Gasteiger partial charge in [0.05, 0.1) is 13.7 Å².